The maximum Gasteiger partial charge on any atom is 0.534 e. The molecule has 12 heteroatoms. The van der Waals surface area contributed by atoms with Gasteiger partial charge >= 0.3 is 21.8 Å². The molecule has 0 amide bonds. The number of halogens is 7. The Morgan fingerprint density at radius 3 is 2.24 bits per heavy atom. The van der Waals surface area contributed by atoms with E-state index in [9.17, 15) is 39.2 Å². The van der Waals surface area contributed by atoms with Crippen LogP contribution >= 0.6 is 11.3 Å². The van der Waals surface area contributed by atoms with E-state index in [0.717, 1.165) is 30.3 Å². The van der Waals surface area contributed by atoms with Gasteiger partial charge in [0.05, 0.1) is 10.3 Å². The van der Waals surface area contributed by atoms with Gasteiger partial charge in [0, 0.05) is 16.7 Å². The van der Waals surface area contributed by atoms with E-state index in [2.05, 4.69) is 4.18 Å². The van der Waals surface area contributed by atoms with Gasteiger partial charge in [-0.3, -0.25) is 0 Å². The van der Waals surface area contributed by atoms with Gasteiger partial charge in [-0.1, -0.05) is 30.3 Å². The average molecular weight is 458 g/mol. The standard InChI is InChI=1S/C17H9F7O3S2/c18-14-11-5-2-6-12(27-29(25,26)17(22,23)24)15(11)28-13(14)8-9-3-1-4-10(7-9)16(19,20)21/h1-7H,8H2. The van der Waals surface area contributed by atoms with Crippen LogP contribution in [0.1, 0.15) is 16.0 Å². The summed E-state index contributed by atoms with van der Waals surface area (Å²) in [5.74, 6) is -1.60. The van der Waals surface area contributed by atoms with Crippen molar-refractivity contribution < 1.29 is 43.3 Å². The molecule has 3 rings (SSSR count). The normalized spacial score (nSPS) is 13.1. The number of hydrogen-bond donors (Lipinski definition) is 0. The molecule has 29 heavy (non-hydrogen) atoms. The van der Waals surface area contributed by atoms with Crippen LogP contribution in [0.4, 0.5) is 30.7 Å². The van der Waals surface area contributed by atoms with Crippen LogP contribution in [0.5, 0.6) is 5.75 Å². The Hall–Kier alpha value is -2.34. The van der Waals surface area contributed by atoms with Crippen molar-refractivity contribution >= 4 is 31.5 Å². The van der Waals surface area contributed by atoms with Crippen molar-refractivity contribution in [2.24, 2.45) is 0 Å². The molecule has 0 aliphatic heterocycles. The summed E-state index contributed by atoms with van der Waals surface area (Å²) in [6, 6.07) is 7.39. The minimum atomic E-state index is -5.97. The summed E-state index contributed by atoms with van der Waals surface area (Å²) in [4.78, 5) is -0.0835. The lowest BCUT2D eigenvalue weighted by atomic mass is 10.1. The SMILES string of the molecule is O=S(=O)(Oc1cccc2c(F)c(Cc3cccc(C(F)(F)F)c3)sc12)C(F)(F)F. The van der Waals surface area contributed by atoms with E-state index in [-0.39, 0.29) is 26.9 Å². The van der Waals surface area contributed by atoms with Gasteiger partial charge in [0.2, 0.25) is 0 Å². The van der Waals surface area contributed by atoms with Crippen molar-refractivity contribution in [2.75, 3.05) is 0 Å². The third-order valence-electron chi connectivity index (χ3n) is 3.79. The van der Waals surface area contributed by atoms with Gasteiger partial charge in [0.1, 0.15) is 5.82 Å². The molecule has 0 unspecified atom stereocenters. The monoisotopic (exact) mass is 458 g/mol. The molecule has 2 aromatic carbocycles. The third kappa shape index (κ3) is 4.32. The van der Waals surface area contributed by atoms with Gasteiger partial charge in [-0.15, -0.1) is 11.3 Å². The Kier molecular flexibility index (Phi) is 5.28. The van der Waals surface area contributed by atoms with Crippen LogP contribution < -0.4 is 4.18 Å². The lowest BCUT2D eigenvalue weighted by Gasteiger charge is -2.09. The predicted molar refractivity (Wildman–Crippen MR) is 91.6 cm³/mol. The molecule has 3 aromatic rings. The number of alkyl halides is 6. The summed E-state index contributed by atoms with van der Waals surface area (Å²) in [6.07, 6.45) is -4.87. The summed E-state index contributed by atoms with van der Waals surface area (Å²) >= 11 is 0.597. The largest absolute Gasteiger partial charge is 0.534 e. The molecule has 0 spiro atoms. The smallest absolute Gasteiger partial charge is 0.374 e. The lowest BCUT2D eigenvalue weighted by Crippen LogP contribution is -2.28. The minimum Gasteiger partial charge on any atom is -0.374 e. The van der Waals surface area contributed by atoms with Gasteiger partial charge in [-0.2, -0.15) is 34.8 Å². The molecule has 0 fully saturated rings. The Morgan fingerprint density at radius 2 is 1.62 bits per heavy atom. The molecule has 1 heterocycles. The van der Waals surface area contributed by atoms with Crippen LogP contribution in [-0.2, 0) is 22.7 Å². The fourth-order valence-electron chi connectivity index (χ4n) is 2.50. The second kappa shape index (κ2) is 7.17. The first kappa shape index (κ1) is 21.4. The van der Waals surface area contributed by atoms with E-state index in [1.54, 1.807) is 0 Å². The van der Waals surface area contributed by atoms with Crippen molar-refractivity contribution in [3.63, 3.8) is 0 Å². The van der Waals surface area contributed by atoms with Crippen LogP contribution in [0.15, 0.2) is 42.5 Å². The van der Waals surface area contributed by atoms with Gasteiger partial charge in [0.15, 0.2) is 5.75 Å². The van der Waals surface area contributed by atoms with E-state index >= 15 is 0 Å². The third-order valence-corrected chi connectivity index (χ3v) is 5.95. The van der Waals surface area contributed by atoms with Crippen molar-refractivity contribution in [1.29, 1.82) is 0 Å². The van der Waals surface area contributed by atoms with Crippen LogP contribution in [-0.4, -0.2) is 13.9 Å². The number of fused-ring (bicyclic) bond motifs is 1. The molecular formula is C17H9F7O3S2. The maximum atomic E-state index is 14.7. The molecule has 0 saturated heterocycles. The molecule has 1 aromatic heterocycles. The van der Waals surface area contributed by atoms with Crippen molar-refractivity contribution in [1.82, 2.24) is 0 Å². The minimum absolute atomic E-state index is 0.0835. The highest BCUT2D eigenvalue weighted by Gasteiger charge is 2.48. The summed E-state index contributed by atoms with van der Waals surface area (Å²) in [5.41, 5.74) is -6.49. The molecule has 0 bridgehead atoms. The summed E-state index contributed by atoms with van der Waals surface area (Å²) in [6.45, 7) is 0. The zero-order valence-electron chi connectivity index (χ0n) is 13.9. The van der Waals surface area contributed by atoms with Gasteiger partial charge < -0.3 is 4.18 Å². The first-order chi connectivity index (χ1) is 13.3. The predicted octanol–water partition coefficient (Wildman–Crippen LogP) is 5.88. The van der Waals surface area contributed by atoms with Gasteiger partial charge in [-0.05, 0) is 17.7 Å². The molecule has 0 saturated carbocycles. The molecule has 0 aliphatic rings. The molecular weight excluding hydrogens is 449 g/mol. The topological polar surface area (TPSA) is 43.4 Å². The van der Waals surface area contributed by atoms with Crippen molar-refractivity contribution in [3.05, 3.63) is 64.3 Å². The Bertz CT molecular complexity index is 1160. The van der Waals surface area contributed by atoms with E-state index in [1.807, 2.05) is 0 Å². The van der Waals surface area contributed by atoms with Crippen LogP contribution in [0, 0.1) is 5.82 Å². The quantitative estimate of drug-likeness (QED) is 0.279. The fraction of sp³-hybridized carbons (Fsp3) is 0.176. The lowest BCUT2D eigenvalue weighted by molar-refractivity contribution is -0.137. The van der Waals surface area contributed by atoms with E-state index in [4.69, 9.17) is 0 Å². The summed E-state index contributed by atoms with van der Waals surface area (Å²) in [7, 11) is -5.97. The molecule has 0 radical (unpaired) electrons. The van der Waals surface area contributed by atoms with Crippen LogP contribution in [0.2, 0.25) is 0 Å². The zero-order chi connectivity index (χ0) is 21.6. The maximum absolute atomic E-state index is 14.7. The molecule has 0 aliphatic carbocycles. The van der Waals surface area contributed by atoms with Crippen molar-refractivity contribution in [2.45, 2.75) is 18.1 Å². The van der Waals surface area contributed by atoms with Crippen LogP contribution in [0.3, 0.4) is 0 Å². The zero-order valence-corrected chi connectivity index (χ0v) is 15.6. The average Bonchev–Trinajstić information content (AvgIpc) is 2.91. The van der Waals surface area contributed by atoms with E-state index < -0.39 is 38.9 Å². The molecule has 0 atom stereocenters. The Labute approximate surface area is 163 Å². The number of thiophene rings is 1. The molecule has 3 nitrogen and oxygen atoms in total. The highest BCUT2D eigenvalue weighted by Crippen LogP contribution is 2.40. The number of rotatable bonds is 4. The van der Waals surface area contributed by atoms with E-state index in [0.29, 0.717) is 11.3 Å². The Morgan fingerprint density at radius 1 is 0.966 bits per heavy atom. The fourth-order valence-corrected chi connectivity index (χ4v) is 4.19. The summed E-state index contributed by atoms with van der Waals surface area (Å²) in [5, 5.41) is -0.202. The molecule has 0 N–H and O–H groups in total. The van der Waals surface area contributed by atoms with Crippen molar-refractivity contribution in [3.8, 4) is 5.75 Å². The van der Waals surface area contributed by atoms with Gasteiger partial charge in [0.25, 0.3) is 0 Å². The highest BCUT2D eigenvalue weighted by atomic mass is 32.2. The summed E-state index contributed by atoms with van der Waals surface area (Å²) < 4.78 is 117. The molecule has 156 valence electrons. The van der Waals surface area contributed by atoms with Gasteiger partial charge in [-0.25, -0.2) is 4.39 Å². The first-order valence-corrected chi connectivity index (χ1v) is 9.89. The number of hydrogen-bond acceptors (Lipinski definition) is 4. The van der Waals surface area contributed by atoms with E-state index in [1.165, 1.54) is 12.1 Å². The second-order valence-electron chi connectivity index (χ2n) is 5.83. The number of benzene rings is 2. The highest BCUT2D eigenvalue weighted by molar-refractivity contribution is 7.88. The second-order valence-corrected chi connectivity index (χ2v) is 8.47. The first-order valence-electron chi connectivity index (χ1n) is 7.66. The van der Waals surface area contributed by atoms with Crippen LogP contribution in [0.25, 0.3) is 10.1 Å². The Balaban J connectivity index is 2.01.